The number of rotatable bonds is 8. The van der Waals surface area contributed by atoms with Crippen LogP contribution in [0.25, 0.3) is 11.1 Å². The molecule has 0 N–H and O–H groups in total. The smallest absolute Gasteiger partial charge is 0.309 e. The largest absolute Gasteiger partial charge is 0.490 e. The normalized spacial score (nSPS) is 26.0. The summed E-state index contributed by atoms with van der Waals surface area (Å²) in [6.07, 6.45) is 4.43. The van der Waals surface area contributed by atoms with Crippen LogP contribution >= 0.6 is 0 Å². The van der Waals surface area contributed by atoms with Crippen LogP contribution in [0.3, 0.4) is 0 Å². The van der Waals surface area contributed by atoms with Crippen molar-refractivity contribution in [3.63, 3.8) is 0 Å². The van der Waals surface area contributed by atoms with Crippen LogP contribution in [0.15, 0.2) is 48.7 Å². The number of hydrogen-bond acceptors (Lipinski definition) is 6. The molecular formula is C33H34N2O4. The fraction of sp³-hybridized carbons (Fsp3) is 0.424. The molecule has 0 saturated heterocycles. The van der Waals surface area contributed by atoms with Crippen LogP contribution in [0.4, 0.5) is 0 Å². The van der Waals surface area contributed by atoms with Crippen molar-refractivity contribution in [3.05, 3.63) is 76.5 Å². The second kappa shape index (κ2) is 9.72. The molecule has 3 atom stereocenters. The second-order valence-electron chi connectivity index (χ2n) is 11.6. The molecule has 200 valence electrons. The number of carbonyl (C=O) groups is 1. The zero-order valence-corrected chi connectivity index (χ0v) is 23.0. The van der Waals surface area contributed by atoms with Crippen LogP contribution in [0.1, 0.15) is 60.4 Å². The summed E-state index contributed by atoms with van der Waals surface area (Å²) in [6, 6.07) is 17.0. The first-order chi connectivity index (χ1) is 18.8. The van der Waals surface area contributed by atoms with E-state index in [1.54, 1.807) is 0 Å². The van der Waals surface area contributed by atoms with E-state index in [4.69, 9.17) is 14.2 Å². The van der Waals surface area contributed by atoms with Crippen molar-refractivity contribution in [2.45, 2.75) is 65.6 Å². The predicted molar refractivity (Wildman–Crippen MR) is 147 cm³/mol. The highest BCUT2D eigenvalue weighted by atomic mass is 16.5. The van der Waals surface area contributed by atoms with E-state index >= 15 is 0 Å². The fourth-order valence-electron chi connectivity index (χ4n) is 6.64. The lowest BCUT2D eigenvalue weighted by Gasteiger charge is -2.39. The van der Waals surface area contributed by atoms with Gasteiger partial charge < -0.3 is 14.2 Å². The Kier molecular flexibility index (Phi) is 6.33. The number of aromatic nitrogens is 1. The van der Waals surface area contributed by atoms with E-state index in [0.717, 1.165) is 47.3 Å². The Hall–Kier alpha value is -3.85. The Morgan fingerprint density at radius 3 is 2.64 bits per heavy atom. The van der Waals surface area contributed by atoms with Gasteiger partial charge in [0.25, 0.3) is 0 Å². The van der Waals surface area contributed by atoms with E-state index in [-0.39, 0.29) is 29.3 Å². The van der Waals surface area contributed by atoms with Gasteiger partial charge in [-0.2, -0.15) is 5.26 Å². The van der Waals surface area contributed by atoms with Gasteiger partial charge in [-0.1, -0.05) is 18.2 Å². The van der Waals surface area contributed by atoms with Crippen molar-refractivity contribution in [2.24, 2.45) is 17.3 Å². The van der Waals surface area contributed by atoms with Crippen molar-refractivity contribution in [1.29, 1.82) is 5.26 Å². The van der Waals surface area contributed by atoms with Crippen molar-refractivity contribution in [2.75, 3.05) is 6.61 Å². The number of carbonyl (C=O) groups excluding carboxylic acids is 1. The van der Waals surface area contributed by atoms with E-state index in [1.807, 2.05) is 26.1 Å². The second-order valence-corrected chi connectivity index (χ2v) is 11.6. The van der Waals surface area contributed by atoms with E-state index in [9.17, 15) is 10.1 Å². The third-order valence-electron chi connectivity index (χ3n) is 8.58. The van der Waals surface area contributed by atoms with Crippen LogP contribution in [-0.4, -0.2) is 23.7 Å². The molecule has 0 amide bonds. The summed E-state index contributed by atoms with van der Waals surface area (Å²) in [4.78, 5) is 16.7. The van der Waals surface area contributed by atoms with E-state index in [0.29, 0.717) is 25.0 Å². The zero-order chi connectivity index (χ0) is 27.3. The summed E-state index contributed by atoms with van der Waals surface area (Å²) in [6.45, 7) is 8.93. The van der Waals surface area contributed by atoms with E-state index in [2.05, 4.69) is 61.3 Å². The van der Waals surface area contributed by atoms with Crippen LogP contribution in [0.5, 0.6) is 11.6 Å². The van der Waals surface area contributed by atoms with Gasteiger partial charge in [-0.25, -0.2) is 4.98 Å². The minimum Gasteiger partial charge on any atom is -0.490 e. The van der Waals surface area contributed by atoms with Gasteiger partial charge in [-0.3, -0.25) is 4.79 Å². The molecule has 2 fully saturated rings. The Balaban J connectivity index is 1.11. The van der Waals surface area contributed by atoms with Gasteiger partial charge in [-0.05, 0) is 97.2 Å². The molecule has 3 unspecified atom stereocenters. The summed E-state index contributed by atoms with van der Waals surface area (Å²) >= 11 is 0. The highest BCUT2D eigenvalue weighted by Gasteiger charge is 2.60. The summed E-state index contributed by atoms with van der Waals surface area (Å²) in [5, 5.41) is 9.26. The quantitative estimate of drug-likeness (QED) is 0.316. The molecule has 2 saturated carbocycles. The summed E-state index contributed by atoms with van der Waals surface area (Å²) in [5.74, 6) is 2.01. The molecule has 6 rings (SSSR count). The molecule has 2 aromatic carbocycles. The van der Waals surface area contributed by atoms with Crippen LogP contribution < -0.4 is 9.47 Å². The molecule has 0 spiro atoms. The molecule has 0 aliphatic heterocycles. The van der Waals surface area contributed by atoms with Crippen LogP contribution in [0, 0.1) is 42.4 Å². The first kappa shape index (κ1) is 25.4. The monoisotopic (exact) mass is 522 g/mol. The Morgan fingerprint density at radius 2 is 1.92 bits per heavy atom. The molecule has 3 aliphatic rings. The minimum absolute atomic E-state index is 0.00104. The molecule has 6 nitrogen and oxygen atoms in total. The predicted octanol–water partition coefficient (Wildman–Crippen LogP) is 6.46. The van der Waals surface area contributed by atoms with Crippen LogP contribution in [0.2, 0.25) is 0 Å². The summed E-state index contributed by atoms with van der Waals surface area (Å²) in [7, 11) is 0. The maximum absolute atomic E-state index is 12.1. The topological polar surface area (TPSA) is 81.4 Å². The molecule has 0 radical (unpaired) electrons. The number of ether oxygens (including phenoxy) is 3. The van der Waals surface area contributed by atoms with Crippen molar-refractivity contribution < 1.29 is 19.0 Å². The third-order valence-corrected chi connectivity index (χ3v) is 8.58. The number of benzene rings is 2. The van der Waals surface area contributed by atoms with E-state index < -0.39 is 0 Å². The number of aryl methyl sites for hydroxylation is 2. The Bertz CT molecular complexity index is 1460. The summed E-state index contributed by atoms with van der Waals surface area (Å²) in [5.41, 5.74) is 7.88. The molecule has 0 bridgehead atoms. The van der Waals surface area contributed by atoms with Crippen molar-refractivity contribution in [1.82, 2.24) is 4.98 Å². The van der Waals surface area contributed by atoms with Crippen molar-refractivity contribution in [3.8, 4) is 28.8 Å². The number of pyridine rings is 1. The highest BCUT2D eigenvalue weighted by molar-refractivity contribution is 5.79. The lowest BCUT2D eigenvalue weighted by atomic mass is 9.69. The number of nitrogens with zero attached hydrogens (tertiary/aromatic N) is 2. The van der Waals surface area contributed by atoms with Crippen molar-refractivity contribution >= 4 is 5.97 Å². The lowest BCUT2D eigenvalue weighted by molar-refractivity contribution is -0.145. The minimum atomic E-state index is -0.250. The van der Waals surface area contributed by atoms with Gasteiger partial charge in [0, 0.05) is 31.0 Å². The fourth-order valence-corrected chi connectivity index (χ4v) is 6.64. The number of fused-ring (bicyclic) bond motifs is 3. The average Bonchev–Trinajstić information content (AvgIpc) is 3.48. The molecular weight excluding hydrogens is 488 g/mol. The molecule has 3 aromatic rings. The highest BCUT2D eigenvalue weighted by Crippen LogP contribution is 2.61. The Labute approximate surface area is 229 Å². The maximum Gasteiger partial charge on any atom is 0.309 e. The number of esters is 1. The first-order valence-corrected chi connectivity index (χ1v) is 13.9. The van der Waals surface area contributed by atoms with E-state index in [1.165, 1.54) is 16.7 Å². The molecule has 3 aliphatic carbocycles. The number of hydrogen-bond donors (Lipinski definition) is 0. The van der Waals surface area contributed by atoms with Crippen LogP contribution in [-0.2, 0) is 22.6 Å². The van der Waals surface area contributed by atoms with Gasteiger partial charge in [0.1, 0.15) is 18.5 Å². The molecule has 1 aromatic heterocycles. The van der Waals surface area contributed by atoms with Gasteiger partial charge in [0.05, 0.1) is 24.0 Å². The van der Waals surface area contributed by atoms with Gasteiger partial charge in [-0.15, -0.1) is 0 Å². The lowest BCUT2D eigenvalue weighted by Crippen LogP contribution is -2.41. The molecule has 39 heavy (non-hydrogen) atoms. The SMILES string of the molecule is CCOC(=O)C1C2Cc3cc(OCc4cccc(-c5c(C)cc(OC6CC(C)(C#N)C6)cc5C)c4)ncc3C21. The van der Waals surface area contributed by atoms with Gasteiger partial charge >= 0.3 is 5.97 Å². The van der Waals surface area contributed by atoms with Gasteiger partial charge in [0.2, 0.25) is 5.88 Å². The molecule has 1 heterocycles. The first-order valence-electron chi connectivity index (χ1n) is 13.9. The standard InChI is InChI=1S/C33H34N2O4/c1-5-37-32(36)31-26-12-23-13-28(35-16-27(23)30(26)31)38-17-21-7-6-8-22(11-21)29-19(2)9-24(10-20(29)3)39-25-14-33(4,15-25)18-34/h6-11,13,16,25-26,30-31H,5,12,14-15,17H2,1-4H3. The molecule has 6 heteroatoms. The third kappa shape index (κ3) is 4.76. The zero-order valence-electron chi connectivity index (χ0n) is 23.0. The number of nitriles is 1. The van der Waals surface area contributed by atoms with Gasteiger partial charge in [0.15, 0.2) is 0 Å². The Morgan fingerprint density at radius 1 is 1.15 bits per heavy atom. The maximum atomic E-state index is 12.1. The average molecular weight is 523 g/mol. The summed E-state index contributed by atoms with van der Waals surface area (Å²) < 4.78 is 17.5.